The zero-order valence-electron chi connectivity index (χ0n) is 12.9. The van der Waals surface area contributed by atoms with Crippen molar-refractivity contribution in [3.8, 4) is 0 Å². The van der Waals surface area contributed by atoms with Gasteiger partial charge in [-0.15, -0.1) is 0 Å². The van der Waals surface area contributed by atoms with Crippen molar-refractivity contribution in [2.75, 3.05) is 6.16 Å². The molecule has 0 bridgehead atoms. The van der Waals surface area contributed by atoms with E-state index in [0.717, 1.165) is 6.08 Å². The van der Waals surface area contributed by atoms with Crippen LogP contribution in [0.2, 0.25) is 0 Å². The lowest BCUT2D eigenvalue weighted by atomic mass is 10.1. The second kappa shape index (κ2) is 9.02. The van der Waals surface area contributed by atoms with Crippen LogP contribution in [0, 0.1) is 0 Å². The van der Waals surface area contributed by atoms with Gasteiger partial charge in [0.25, 0.3) is 0 Å². The summed E-state index contributed by atoms with van der Waals surface area (Å²) in [5.41, 5.74) is 0. The van der Waals surface area contributed by atoms with Crippen LogP contribution in [-0.2, 0) is 18.3 Å². The summed E-state index contributed by atoms with van der Waals surface area (Å²) >= 11 is 0. The normalized spacial score (nSPS) is 15.0. The van der Waals surface area contributed by atoms with Crippen LogP contribution >= 0.6 is 30.4 Å². The standard InChI is InChI=1S/C9H22O12P4/c10-22(11,12)7-3-1-5-9(24(16,17)18,25(19,20)21)6-2-4-8-23(13,14)15/h3,7H,1-2,4-6,8H2,(H2,10,11,12)(H2,13,14,15)(H2,16,17,18)(H2,19,20,21). The Kier molecular flexibility index (Phi) is 9.14. The van der Waals surface area contributed by atoms with Crippen molar-refractivity contribution in [2.45, 2.75) is 37.0 Å². The van der Waals surface area contributed by atoms with Gasteiger partial charge in [0.1, 0.15) is 0 Å². The SMILES string of the molecule is O=P(O)(O)C=CCCC(CCCCP(=O)(O)O)(P(=O)(O)O)P(=O)(O)O. The van der Waals surface area contributed by atoms with Crippen LogP contribution in [0.4, 0.5) is 0 Å². The first-order chi connectivity index (χ1) is 10.9. The van der Waals surface area contributed by atoms with Crippen LogP contribution < -0.4 is 0 Å². The average molecular weight is 446 g/mol. The molecule has 0 saturated carbocycles. The first-order valence-corrected chi connectivity index (χ1v) is 13.5. The minimum atomic E-state index is -5.38. The smallest absolute Gasteiger partial charge is 0.324 e. The minimum Gasteiger partial charge on any atom is -0.324 e. The summed E-state index contributed by atoms with van der Waals surface area (Å²) in [5.74, 6) is 0.449. The zero-order chi connectivity index (χ0) is 20.2. The molecule has 16 heteroatoms. The first-order valence-electron chi connectivity index (χ1n) is 6.80. The summed E-state index contributed by atoms with van der Waals surface area (Å²) in [6, 6.07) is 0. The van der Waals surface area contributed by atoms with Gasteiger partial charge in [0.05, 0.1) is 0 Å². The van der Waals surface area contributed by atoms with Crippen LogP contribution in [0.25, 0.3) is 0 Å². The molecule has 150 valence electrons. The van der Waals surface area contributed by atoms with Crippen molar-refractivity contribution < 1.29 is 57.4 Å². The van der Waals surface area contributed by atoms with Gasteiger partial charge in [0, 0.05) is 12.0 Å². The van der Waals surface area contributed by atoms with Crippen LogP contribution in [0.1, 0.15) is 32.1 Å². The second-order valence-corrected chi connectivity index (χ2v) is 12.9. The van der Waals surface area contributed by atoms with E-state index in [-0.39, 0.29) is 12.8 Å². The topological polar surface area (TPSA) is 230 Å². The van der Waals surface area contributed by atoms with Crippen molar-refractivity contribution in [1.82, 2.24) is 0 Å². The summed E-state index contributed by atoms with van der Waals surface area (Å²) in [5, 5.41) is 0. The van der Waals surface area contributed by atoms with E-state index in [1.54, 1.807) is 0 Å². The van der Waals surface area contributed by atoms with Gasteiger partial charge in [-0.05, 0) is 25.7 Å². The lowest BCUT2D eigenvalue weighted by Crippen LogP contribution is -2.29. The van der Waals surface area contributed by atoms with E-state index < -0.39 is 60.7 Å². The fraction of sp³-hybridized carbons (Fsp3) is 0.778. The minimum absolute atomic E-state index is 0.218. The average Bonchev–Trinajstić information content (AvgIpc) is 2.31. The number of hydrogen-bond acceptors (Lipinski definition) is 4. The Bertz CT molecular complexity index is 625. The maximum absolute atomic E-state index is 11.8. The van der Waals surface area contributed by atoms with Crippen LogP contribution in [-0.4, -0.2) is 50.2 Å². The lowest BCUT2D eigenvalue weighted by molar-refractivity contribution is 0.293. The number of hydrogen-bond donors (Lipinski definition) is 8. The Hall–Kier alpha value is 0.340. The Morgan fingerprint density at radius 3 is 1.56 bits per heavy atom. The zero-order valence-corrected chi connectivity index (χ0v) is 16.5. The van der Waals surface area contributed by atoms with E-state index in [4.69, 9.17) is 19.6 Å². The molecule has 0 atom stereocenters. The monoisotopic (exact) mass is 446 g/mol. The molecule has 0 unspecified atom stereocenters. The highest BCUT2D eigenvalue weighted by Gasteiger charge is 2.58. The molecule has 0 radical (unpaired) electrons. The van der Waals surface area contributed by atoms with Crippen molar-refractivity contribution in [1.29, 1.82) is 0 Å². The van der Waals surface area contributed by atoms with E-state index >= 15 is 0 Å². The second-order valence-electron chi connectivity index (χ2n) is 5.43. The molecule has 25 heavy (non-hydrogen) atoms. The maximum Gasteiger partial charge on any atom is 0.348 e. The van der Waals surface area contributed by atoms with E-state index in [2.05, 4.69) is 0 Å². The molecule has 0 heterocycles. The van der Waals surface area contributed by atoms with Crippen LogP contribution in [0.5, 0.6) is 0 Å². The van der Waals surface area contributed by atoms with E-state index in [1.165, 1.54) is 0 Å². The Labute approximate surface area is 143 Å². The predicted octanol–water partition coefficient (Wildman–Crippen LogP) is 0.858. The largest absolute Gasteiger partial charge is 0.348 e. The van der Waals surface area contributed by atoms with Crippen molar-refractivity contribution in [3.63, 3.8) is 0 Å². The molecule has 12 nitrogen and oxygen atoms in total. The maximum atomic E-state index is 11.8. The van der Waals surface area contributed by atoms with Crippen molar-refractivity contribution in [3.05, 3.63) is 11.9 Å². The highest BCUT2D eigenvalue weighted by atomic mass is 31.2. The van der Waals surface area contributed by atoms with Gasteiger partial charge in [-0.3, -0.25) is 18.3 Å². The quantitative estimate of drug-likeness (QED) is 0.163. The molecule has 0 aromatic carbocycles. The molecule has 0 fully saturated rings. The van der Waals surface area contributed by atoms with Crippen molar-refractivity contribution >= 4 is 30.4 Å². The highest BCUT2D eigenvalue weighted by molar-refractivity contribution is 7.72. The molecule has 0 saturated heterocycles. The Balaban J connectivity index is 5.38. The predicted molar refractivity (Wildman–Crippen MR) is 88.0 cm³/mol. The molecule has 0 spiro atoms. The van der Waals surface area contributed by atoms with Crippen molar-refractivity contribution in [2.24, 2.45) is 0 Å². The molecule has 0 aromatic rings. The van der Waals surface area contributed by atoms with Gasteiger partial charge in [-0.1, -0.05) is 12.5 Å². The van der Waals surface area contributed by atoms with Gasteiger partial charge in [-0.2, -0.15) is 0 Å². The lowest BCUT2D eigenvalue weighted by Gasteiger charge is -2.34. The molecule has 0 aliphatic rings. The van der Waals surface area contributed by atoms with Crippen LogP contribution in [0.3, 0.4) is 0 Å². The third kappa shape index (κ3) is 9.20. The van der Waals surface area contributed by atoms with Gasteiger partial charge >= 0.3 is 30.4 Å². The first kappa shape index (κ1) is 25.3. The van der Waals surface area contributed by atoms with E-state index in [9.17, 15) is 37.8 Å². The van der Waals surface area contributed by atoms with E-state index in [1.807, 2.05) is 0 Å². The molecule has 0 aromatic heterocycles. The summed E-state index contributed by atoms with van der Waals surface area (Å²) in [4.78, 5) is 69.9. The molecule has 0 aliphatic carbocycles. The number of allylic oxidation sites excluding steroid dienone is 1. The van der Waals surface area contributed by atoms with Gasteiger partial charge in [0.2, 0.25) is 0 Å². The summed E-state index contributed by atoms with van der Waals surface area (Å²) in [6.45, 7) is 0. The van der Waals surface area contributed by atoms with Gasteiger partial charge < -0.3 is 39.1 Å². The third-order valence-corrected chi connectivity index (χ3v) is 9.50. The molecule has 8 N–H and O–H groups in total. The van der Waals surface area contributed by atoms with Crippen LogP contribution in [0.15, 0.2) is 11.9 Å². The molecule has 0 aliphatic heterocycles. The number of unbranched alkanes of at least 4 members (excludes halogenated alkanes) is 1. The van der Waals surface area contributed by atoms with Gasteiger partial charge in [0.15, 0.2) is 4.90 Å². The molecular formula is C9H22O12P4. The van der Waals surface area contributed by atoms with E-state index in [0.29, 0.717) is 5.82 Å². The highest BCUT2D eigenvalue weighted by Crippen LogP contribution is 2.73. The summed E-state index contributed by atoms with van der Waals surface area (Å²) in [6.07, 6.45) is -2.16. The fourth-order valence-corrected chi connectivity index (χ4v) is 6.29. The molecule has 0 amide bonds. The Morgan fingerprint density at radius 2 is 1.20 bits per heavy atom. The summed E-state index contributed by atoms with van der Waals surface area (Å²) in [7, 11) is -19.6. The molecular weight excluding hydrogens is 424 g/mol. The Morgan fingerprint density at radius 1 is 0.720 bits per heavy atom. The van der Waals surface area contributed by atoms with Gasteiger partial charge in [-0.25, -0.2) is 0 Å². The number of rotatable bonds is 11. The summed E-state index contributed by atoms with van der Waals surface area (Å²) < 4.78 is 44.9. The fourth-order valence-electron chi connectivity index (χ4n) is 2.13. The third-order valence-electron chi connectivity index (χ3n) is 3.37. The molecule has 0 rings (SSSR count).